The van der Waals surface area contributed by atoms with Gasteiger partial charge >= 0.3 is 17.8 Å². The molecule has 2 N–H and O–H groups in total. The largest absolute Gasteiger partial charge is 0.422 e. The molecule has 10 heteroatoms. The predicted octanol–water partition coefficient (Wildman–Crippen LogP) is 6.42. The normalized spacial score (nSPS) is 10.9. The fourth-order valence-electron chi connectivity index (χ4n) is 3.37. The smallest absolute Gasteiger partial charge is 0.345 e. The number of anilines is 1. The van der Waals surface area contributed by atoms with Gasteiger partial charge in [-0.3, -0.25) is 9.59 Å². The molecule has 0 fully saturated rings. The average molecular weight is 555 g/mol. The van der Waals surface area contributed by atoms with E-state index in [0.29, 0.717) is 26.7 Å². The summed E-state index contributed by atoms with van der Waals surface area (Å²) in [5, 5.41) is 8.88. The summed E-state index contributed by atoms with van der Waals surface area (Å²) in [6.07, 6.45) is 1.29. The van der Waals surface area contributed by atoms with Gasteiger partial charge in [0, 0.05) is 21.3 Å². The number of ether oxygens (including phenoxy) is 1. The molecule has 37 heavy (non-hydrogen) atoms. The Hall–Kier alpha value is -3.91. The van der Waals surface area contributed by atoms with Gasteiger partial charge in [0.15, 0.2) is 0 Å². The first kappa shape index (κ1) is 26.2. The number of carbonyl (C=O) groups excluding carboxylic acids is 3. The molecule has 0 heterocycles. The molecule has 0 aliphatic rings. The van der Waals surface area contributed by atoms with Crippen LogP contribution in [0.1, 0.15) is 21.5 Å². The van der Waals surface area contributed by atoms with E-state index in [-0.39, 0.29) is 16.3 Å². The van der Waals surface area contributed by atoms with Gasteiger partial charge in [-0.1, -0.05) is 71.2 Å². The van der Waals surface area contributed by atoms with E-state index >= 15 is 0 Å². The van der Waals surface area contributed by atoms with Crippen molar-refractivity contribution in [3.05, 3.63) is 105 Å². The number of hydrazone groups is 1. The second-order valence-corrected chi connectivity index (χ2v) is 9.08. The Balaban J connectivity index is 1.55. The molecule has 0 aliphatic heterocycles. The standard InChI is InChI=1S/C27H18Cl3N3O4/c1-15-6-9-18(13-22(15)29)32-25(34)26(35)33-31-14-21-19-5-3-2-4-16(19)7-11-24(21)37-27(36)20-10-8-17(28)12-23(20)30/h2-14H,1H3,(H,32,34)(H,33,35)/b31-14+. The van der Waals surface area contributed by atoms with Crippen LogP contribution in [0.3, 0.4) is 0 Å². The molecule has 0 saturated carbocycles. The molecule has 0 aromatic heterocycles. The highest BCUT2D eigenvalue weighted by atomic mass is 35.5. The van der Waals surface area contributed by atoms with Crippen molar-refractivity contribution >= 4 is 75.3 Å². The third-order valence-electron chi connectivity index (χ3n) is 5.28. The molecule has 7 nitrogen and oxygen atoms in total. The Labute approximate surface area is 227 Å². The Morgan fingerprint density at radius 2 is 1.65 bits per heavy atom. The van der Waals surface area contributed by atoms with Crippen LogP contribution < -0.4 is 15.5 Å². The SMILES string of the molecule is Cc1ccc(NC(=O)C(=O)N/N=C/c2c(OC(=O)c3ccc(Cl)cc3Cl)ccc3ccccc23)cc1Cl. The van der Waals surface area contributed by atoms with Gasteiger partial charge < -0.3 is 10.1 Å². The van der Waals surface area contributed by atoms with E-state index in [0.717, 1.165) is 10.9 Å². The summed E-state index contributed by atoms with van der Waals surface area (Å²) in [7, 11) is 0. The number of nitrogens with one attached hydrogen (secondary N) is 2. The summed E-state index contributed by atoms with van der Waals surface area (Å²) in [5.74, 6) is -2.46. The minimum Gasteiger partial charge on any atom is -0.422 e. The molecule has 0 spiro atoms. The monoisotopic (exact) mass is 553 g/mol. The molecule has 0 bridgehead atoms. The minimum atomic E-state index is -1.00. The lowest BCUT2D eigenvalue weighted by atomic mass is 10.0. The first-order chi connectivity index (χ1) is 17.7. The van der Waals surface area contributed by atoms with Crippen molar-refractivity contribution in [1.82, 2.24) is 5.43 Å². The van der Waals surface area contributed by atoms with Crippen molar-refractivity contribution in [2.45, 2.75) is 6.92 Å². The second kappa shape index (κ2) is 11.4. The maximum atomic E-state index is 12.8. The zero-order chi connectivity index (χ0) is 26.5. The summed E-state index contributed by atoms with van der Waals surface area (Å²) >= 11 is 18.1. The van der Waals surface area contributed by atoms with Gasteiger partial charge in [0.2, 0.25) is 0 Å². The molecule has 0 saturated heterocycles. The van der Waals surface area contributed by atoms with E-state index in [9.17, 15) is 14.4 Å². The first-order valence-electron chi connectivity index (χ1n) is 10.8. The highest BCUT2D eigenvalue weighted by Crippen LogP contribution is 2.29. The first-order valence-corrected chi connectivity index (χ1v) is 12.0. The molecule has 2 amide bonds. The number of nitrogens with zero attached hydrogens (tertiary/aromatic N) is 1. The zero-order valence-corrected chi connectivity index (χ0v) is 21.5. The van der Waals surface area contributed by atoms with Crippen LogP contribution in [-0.2, 0) is 9.59 Å². The van der Waals surface area contributed by atoms with E-state index in [2.05, 4.69) is 15.8 Å². The number of hydrogen-bond acceptors (Lipinski definition) is 5. The number of carbonyl (C=O) groups is 3. The Bertz CT molecular complexity index is 1570. The molecular formula is C27H18Cl3N3O4. The summed E-state index contributed by atoms with van der Waals surface area (Å²) in [5.41, 5.74) is 3.91. The molecular weight excluding hydrogens is 537 g/mol. The fraction of sp³-hybridized carbons (Fsp3) is 0.0370. The Morgan fingerprint density at radius 3 is 2.41 bits per heavy atom. The maximum absolute atomic E-state index is 12.8. The van der Waals surface area contributed by atoms with Crippen LogP contribution in [0.15, 0.2) is 77.9 Å². The molecule has 4 rings (SSSR count). The molecule has 4 aromatic rings. The van der Waals surface area contributed by atoms with Crippen molar-refractivity contribution in [2.75, 3.05) is 5.32 Å². The van der Waals surface area contributed by atoms with Crippen LogP contribution in [0.5, 0.6) is 5.75 Å². The fourth-order valence-corrected chi connectivity index (χ4v) is 4.04. The van der Waals surface area contributed by atoms with E-state index in [1.807, 2.05) is 19.1 Å². The average Bonchev–Trinajstić information content (AvgIpc) is 2.87. The van der Waals surface area contributed by atoms with Gasteiger partial charge in [-0.05, 0) is 59.7 Å². The van der Waals surface area contributed by atoms with Gasteiger partial charge in [-0.25, -0.2) is 10.2 Å². The number of rotatable bonds is 5. The van der Waals surface area contributed by atoms with Gasteiger partial charge in [0.25, 0.3) is 0 Å². The van der Waals surface area contributed by atoms with Gasteiger partial charge in [0.05, 0.1) is 16.8 Å². The Morgan fingerprint density at radius 1 is 0.865 bits per heavy atom. The van der Waals surface area contributed by atoms with Gasteiger partial charge in [0.1, 0.15) is 5.75 Å². The predicted molar refractivity (Wildman–Crippen MR) is 146 cm³/mol. The summed E-state index contributed by atoms with van der Waals surface area (Å²) in [4.78, 5) is 37.3. The quantitative estimate of drug-likeness (QED) is 0.0978. The summed E-state index contributed by atoms with van der Waals surface area (Å²) < 4.78 is 5.60. The minimum absolute atomic E-state index is 0.128. The zero-order valence-electron chi connectivity index (χ0n) is 19.2. The lowest BCUT2D eigenvalue weighted by Crippen LogP contribution is -2.32. The van der Waals surface area contributed by atoms with Crippen molar-refractivity contribution in [2.24, 2.45) is 5.10 Å². The van der Waals surface area contributed by atoms with Gasteiger partial charge in [-0.2, -0.15) is 5.10 Å². The molecule has 186 valence electrons. The number of benzene rings is 4. The summed E-state index contributed by atoms with van der Waals surface area (Å²) in [6, 6.07) is 20.0. The Kier molecular flexibility index (Phi) is 8.08. The molecule has 0 unspecified atom stereocenters. The van der Waals surface area contributed by atoms with Crippen molar-refractivity contribution in [1.29, 1.82) is 0 Å². The molecule has 0 aliphatic carbocycles. The van der Waals surface area contributed by atoms with Crippen LogP contribution in [0, 0.1) is 6.92 Å². The van der Waals surface area contributed by atoms with Crippen LogP contribution in [0.2, 0.25) is 15.1 Å². The van der Waals surface area contributed by atoms with Crippen LogP contribution in [0.4, 0.5) is 5.69 Å². The lowest BCUT2D eigenvalue weighted by Gasteiger charge is -2.11. The van der Waals surface area contributed by atoms with Crippen LogP contribution >= 0.6 is 34.8 Å². The number of amides is 2. The number of aryl methyl sites for hydroxylation is 1. The number of fused-ring (bicyclic) bond motifs is 1. The van der Waals surface area contributed by atoms with Crippen LogP contribution in [-0.4, -0.2) is 24.0 Å². The van der Waals surface area contributed by atoms with Crippen LogP contribution in [0.25, 0.3) is 10.8 Å². The number of esters is 1. The second-order valence-electron chi connectivity index (χ2n) is 7.83. The number of hydrogen-bond donors (Lipinski definition) is 2. The molecule has 0 radical (unpaired) electrons. The lowest BCUT2D eigenvalue weighted by molar-refractivity contribution is -0.136. The van der Waals surface area contributed by atoms with E-state index in [1.54, 1.807) is 36.4 Å². The third kappa shape index (κ3) is 6.27. The van der Waals surface area contributed by atoms with Crippen molar-refractivity contribution in [3.8, 4) is 5.75 Å². The molecule has 4 aromatic carbocycles. The van der Waals surface area contributed by atoms with Gasteiger partial charge in [-0.15, -0.1) is 0 Å². The van der Waals surface area contributed by atoms with Crippen molar-refractivity contribution < 1.29 is 19.1 Å². The highest BCUT2D eigenvalue weighted by molar-refractivity contribution is 6.40. The van der Waals surface area contributed by atoms with Crippen molar-refractivity contribution in [3.63, 3.8) is 0 Å². The highest BCUT2D eigenvalue weighted by Gasteiger charge is 2.17. The van der Waals surface area contributed by atoms with E-state index in [1.165, 1.54) is 30.5 Å². The number of halogens is 3. The maximum Gasteiger partial charge on any atom is 0.345 e. The summed E-state index contributed by atoms with van der Waals surface area (Å²) in [6.45, 7) is 1.82. The topological polar surface area (TPSA) is 96.9 Å². The van der Waals surface area contributed by atoms with E-state index in [4.69, 9.17) is 39.5 Å². The third-order valence-corrected chi connectivity index (χ3v) is 6.24. The molecule has 0 atom stereocenters. The van der Waals surface area contributed by atoms with E-state index < -0.39 is 17.8 Å².